The van der Waals surface area contributed by atoms with Crippen molar-refractivity contribution >= 4 is 28.3 Å². The lowest BCUT2D eigenvalue weighted by Crippen LogP contribution is -2.12. The van der Waals surface area contributed by atoms with Gasteiger partial charge < -0.3 is 9.84 Å². The molecule has 18 heavy (non-hydrogen) atoms. The molecule has 2 heterocycles. The highest BCUT2D eigenvalue weighted by molar-refractivity contribution is 9.10. The quantitative estimate of drug-likeness (QED) is 0.917. The fourth-order valence-electron chi connectivity index (χ4n) is 2.02. The molecule has 1 aromatic carbocycles. The Morgan fingerprint density at radius 2 is 2.28 bits per heavy atom. The van der Waals surface area contributed by atoms with Crippen molar-refractivity contribution in [1.82, 2.24) is 15.5 Å². The van der Waals surface area contributed by atoms with E-state index in [2.05, 4.69) is 31.4 Å². The van der Waals surface area contributed by atoms with Crippen molar-refractivity contribution in [2.75, 3.05) is 6.54 Å². The van der Waals surface area contributed by atoms with Crippen LogP contribution in [0.4, 0.5) is 0 Å². The average Bonchev–Trinajstić information content (AvgIpc) is 3.00. The Morgan fingerprint density at radius 3 is 3.00 bits per heavy atom. The summed E-state index contributed by atoms with van der Waals surface area (Å²) in [5, 5.41) is 7.37. The van der Waals surface area contributed by atoms with Crippen molar-refractivity contribution in [2.24, 2.45) is 0 Å². The van der Waals surface area contributed by atoms with Gasteiger partial charge in [0.15, 0.2) is 0 Å². The molecule has 1 aromatic heterocycles. The third-order valence-electron chi connectivity index (χ3n) is 2.88. The third-order valence-corrected chi connectivity index (χ3v) is 3.38. The Balaban J connectivity index is 0.00000120. The van der Waals surface area contributed by atoms with Crippen LogP contribution in [0.2, 0.25) is 0 Å². The fraction of sp³-hybridized carbons (Fsp3) is 0.333. The van der Waals surface area contributed by atoms with Crippen molar-refractivity contribution in [3.63, 3.8) is 0 Å². The Morgan fingerprint density at radius 1 is 1.39 bits per heavy atom. The number of nitrogens with one attached hydrogen (secondary N) is 1. The molecule has 0 spiro atoms. The lowest BCUT2D eigenvalue weighted by atomic mass is 10.2. The molecule has 1 aliphatic heterocycles. The second-order valence-corrected chi connectivity index (χ2v) is 5.03. The van der Waals surface area contributed by atoms with E-state index in [4.69, 9.17) is 4.52 Å². The van der Waals surface area contributed by atoms with E-state index in [1.54, 1.807) is 0 Å². The first kappa shape index (κ1) is 13.5. The highest BCUT2D eigenvalue weighted by Gasteiger charge is 2.22. The maximum atomic E-state index is 5.30. The Labute approximate surface area is 120 Å². The molecule has 4 nitrogen and oxygen atoms in total. The average molecular weight is 331 g/mol. The summed E-state index contributed by atoms with van der Waals surface area (Å²) in [5.41, 5.74) is 0.965. The maximum Gasteiger partial charge on any atom is 0.244 e. The van der Waals surface area contributed by atoms with E-state index in [0.717, 1.165) is 23.0 Å². The molecule has 2 aromatic rings. The molecule has 0 aliphatic carbocycles. The van der Waals surface area contributed by atoms with E-state index in [9.17, 15) is 0 Å². The van der Waals surface area contributed by atoms with Gasteiger partial charge in [-0.15, -0.1) is 12.4 Å². The summed E-state index contributed by atoms with van der Waals surface area (Å²) in [4.78, 5) is 4.44. The predicted molar refractivity (Wildman–Crippen MR) is 74.7 cm³/mol. The van der Waals surface area contributed by atoms with Crippen LogP contribution in [0.25, 0.3) is 11.4 Å². The van der Waals surface area contributed by atoms with Crippen LogP contribution in [-0.2, 0) is 0 Å². The minimum absolute atomic E-state index is 0. The standard InChI is InChI=1S/C12H12BrN3O.ClH/c13-9-4-1-3-8(7-9)11-15-12(17-16-11)10-5-2-6-14-10;/h1,3-4,7,10,14H,2,5-6H2;1H/t10-;/m0./s1. The summed E-state index contributed by atoms with van der Waals surface area (Å²) in [5.74, 6) is 1.34. The molecule has 0 bridgehead atoms. The van der Waals surface area contributed by atoms with Gasteiger partial charge in [0.1, 0.15) is 0 Å². The Hall–Kier alpha value is -0.910. The third kappa shape index (κ3) is 2.74. The van der Waals surface area contributed by atoms with Gasteiger partial charge in [0.25, 0.3) is 0 Å². The number of benzene rings is 1. The van der Waals surface area contributed by atoms with Gasteiger partial charge in [-0.2, -0.15) is 4.98 Å². The summed E-state index contributed by atoms with van der Waals surface area (Å²) < 4.78 is 6.32. The van der Waals surface area contributed by atoms with Gasteiger partial charge in [0.2, 0.25) is 11.7 Å². The van der Waals surface area contributed by atoms with E-state index < -0.39 is 0 Å². The first-order chi connectivity index (χ1) is 8.33. The van der Waals surface area contributed by atoms with Gasteiger partial charge in [-0.1, -0.05) is 33.2 Å². The van der Waals surface area contributed by atoms with Gasteiger partial charge in [-0.3, -0.25) is 0 Å². The van der Waals surface area contributed by atoms with Crippen molar-refractivity contribution in [3.8, 4) is 11.4 Å². The van der Waals surface area contributed by atoms with E-state index >= 15 is 0 Å². The lowest BCUT2D eigenvalue weighted by Gasteiger charge is -2.01. The second kappa shape index (κ2) is 5.82. The molecule has 1 saturated heterocycles. The number of aromatic nitrogens is 2. The van der Waals surface area contributed by atoms with Crippen LogP contribution >= 0.6 is 28.3 Å². The largest absolute Gasteiger partial charge is 0.337 e. The minimum atomic E-state index is 0. The number of hydrogen-bond acceptors (Lipinski definition) is 4. The SMILES string of the molecule is Brc1cccc(-c2noc([C@@H]3CCCN3)n2)c1.Cl. The zero-order chi connectivity index (χ0) is 11.7. The molecular weight excluding hydrogens is 318 g/mol. The summed E-state index contributed by atoms with van der Waals surface area (Å²) in [7, 11) is 0. The van der Waals surface area contributed by atoms with Crippen LogP contribution in [0.3, 0.4) is 0 Å². The van der Waals surface area contributed by atoms with Crippen LogP contribution in [0, 0.1) is 0 Å². The topological polar surface area (TPSA) is 51.0 Å². The smallest absolute Gasteiger partial charge is 0.244 e. The molecule has 0 amide bonds. The van der Waals surface area contributed by atoms with Crippen LogP contribution in [0.15, 0.2) is 33.3 Å². The summed E-state index contributed by atoms with van der Waals surface area (Å²) in [6.45, 7) is 1.03. The summed E-state index contributed by atoms with van der Waals surface area (Å²) in [6.07, 6.45) is 2.24. The number of halogens is 2. The zero-order valence-corrected chi connectivity index (χ0v) is 12.0. The van der Waals surface area contributed by atoms with Crippen molar-refractivity contribution in [1.29, 1.82) is 0 Å². The van der Waals surface area contributed by atoms with Crippen LogP contribution < -0.4 is 5.32 Å². The van der Waals surface area contributed by atoms with Crippen LogP contribution in [-0.4, -0.2) is 16.7 Å². The molecular formula is C12H13BrClN3O. The van der Waals surface area contributed by atoms with Gasteiger partial charge in [0.05, 0.1) is 6.04 Å². The second-order valence-electron chi connectivity index (χ2n) is 4.12. The molecule has 1 aliphatic rings. The van der Waals surface area contributed by atoms with E-state index in [1.807, 2.05) is 24.3 Å². The summed E-state index contributed by atoms with van der Waals surface area (Å²) in [6, 6.07) is 8.12. The molecule has 1 N–H and O–H groups in total. The van der Waals surface area contributed by atoms with Crippen molar-refractivity contribution in [3.05, 3.63) is 34.6 Å². The first-order valence-corrected chi connectivity index (χ1v) is 6.45. The van der Waals surface area contributed by atoms with E-state index in [1.165, 1.54) is 6.42 Å². The van der Waals surface area contributed by atoms with E-state index in [0.29, 0.717) is 11.7 Å². The molecule has 0 unspecified atom stereocenters. The molecule has 0 saturated carbocycles. The zero-order valence-electron chi connectivity index (χ0n) is 9.60. The van der Waals surface area contributed by atoms with Crippen LogP contribution in [0.5, 0.6) is 0 Å². The fourth-order valence-corrected chi connectivity index (χ4v) is 2.42. The van der Waals surface area contributed by atoms with Gasteiger partial charge >= 0.3 is 0 Å². The Kier molecular flexibility index (Phi) is 4.37. The van der Waals surface area contributed by atoms with Crippen molar-refractivity contribution < 1.29 is 4.52 Å². The minimum Gasteiger partial charge on any atom is -0.337 e. The first-order valence-electron chi connectivity index (χ1n) is 5.66. The highest BCUT2D eigenvalue weighted by atomic mass is 79.9. The van der Waals surface area contributed by atoms with Gasteiger partial charge in [-0.25, -0.2) is 0 Å². The molecule has 0 radical (unpaired) electrons. The number of rotatable bonds is 2. The number of nitrogens with zero attached hydrogens (tertiary/aromatic N) is 2. The number of hydrogen-bond donors (Lipinski definition) is 1. The van der Waals surface area contributed by atoms with Gasteiger partial charge in [0, 0.05) is 10.0 Å². The normalized spacial score (nSPS) is 18.6. The maximum absolute atomic E-state index is 5.30. The monoisotopic (exact) mass is 329 g/mol. The van der Waals surface area contributed by atoms with Gasteiger partial charge in [-0.05, 0) is 31.5 Å². The Bertz CT molecular complexity index is 526. The lowest BCUT2D eigenvalue weighted by molar-refractivity contribution is 0.345. The molecule has 3 rings (SSSR count). The highest BCUT2D eigenvalue weighted by Crippen LogP contribution is 2.25. The molecule has 96 valence electrons. The van der Waals surface area contributed by atoms with E-state index in [-0.39, 0.29) is 18.4 Å². The van der Waals surface area contributed by atoms with Crippen LogP contribution in [0.1, 0.15) is 24.8 Å². The summed E-state index contributed by atoms with van der Waals surface area (Å²) >= 11 is 3.43. The molecule has 1 atom stereocenters. The molecule has 1 fully saturated rings. The predicted octanol–water partition coefficient (Wildman–Crippen LogP) is 3.35. The molecule has 6 heteroatoms. The van der Waals surface area contributed by atoms with Crippen molar-refractivity contribution in [2.45, 2.75) is 18.9 Å².